The first-order valence-corrected chi connectivity index (χ1v) is 7.73. The van der Waals surface area contributed by atoms with Gasteiger partial charge in [-0.1, -0.05) is 25.1 Å². The first-order chi connectivity index (χ1) is 9.44. The lowest BCUT2D eigenvalue weighted by molar-refractivity contribution is 0.547. The van der Waals surface area contributed by atoms with Crippen LogP contribution in [0.2, 0.25) is 0 Å². The Balaban J connectivity index is 2.22. The molecule has 0 radical (unpaired) electrons. The average molecular weight is 297 g/mol. The van der Waals surface area contributed by atoms with Gasteiger partial charge in [0.15, 0.2) is 5.03 Å². The third-order valence-corrected chi connectivity index (χ3v) is 4.38. The van der Waals surface area contributed by atoms with Crippen LogP contribution in [-0.4, -0.2) is 18.4 Å². The van der Waals surface area contributed by atoms with E-state index in [2.05, 4.69) is 14.7 Å². The van der Waals surface area contributed by atoms with Crippen molar-refractivity contribution in [3.63, 3.8) is 0 Å². The molecule has 1 aromatic heterocycles. The summed E-state index contributed by atoms with van der Waals surface area (Å²) in [6.45, 7) is 3.46. The monoisotopic (exact) mass is 297 g/mol. The molecule has 0 aliphatic heterocycles. The van der Waals surface area contributed by atoms with Crippen LogP contribution in [0.15, 0.2) is 35.5 Å². The molecule has 1 unspecified atom stereocenters. The van der Waals surface area contributed by atoms with Gasteiger partial charge in [0.2, 0.25) is 0 Å². The maximum Gasteiger partial charge on any atom is 0.258 e. The van der Waals surface area contributed by atoms with Gasteiger partial charge in [-0.2, -0.15) is 0 Å². The fraction of sp³-hybridized carbons (Fsp3) is 0.308. The Hall–Kier alpha value is -1.73. The smallest absolute Gasteiger partial charge is 0.258 e. The van der Waals surface area contributed by atoms with Crippen molar-refractivity contribution in [3.8, 4) is 0 Å². The minimum absolute atomic E-state index is 0.0162. The van der Waals surface area contributed by atoms with Crippen molar-refractivity contribution in [1.82, 2.24) is 14.7 Å². The SMILES string of the molecule is CCc1ncc(S(=O)(=O)NC(C)c2ccccc2F)[nH]1. The predicted octanol–water partition coefficient (Wildman–Crippen LogP) is 2.15. The number of hydrogen-bond acceptors (Lipinski definition) is 3. The maximum atomic E-state index is 13.6. The molecule has 7 heteroatoms. The van der Waals surface area contributed by atoms with Crippen molar-refractivity contribution >= 4 is 10.0 Å². The summed E-state index contributed by atoms with van der Waals surface area (Å²) in [4.78, 5) is 6.67. The number of H-pyrrole nitrogens is 1. The number of nitrogens with one attached hydrogen (secondary N) is 2. The number of aryl methyl sites for hydroxylation is 1. The molecule has 5 nitrogen and oxygen atoms in total. The highest BCUT2D eigenvalue weighted by Crippen LogP contribution is 2.18. The standard InChI is InChI=1S/C13H16FN3O2S/c1-3-12-15-8-13(16-12)20(18,19)17-9(2)10-6-4-5-7-11(10)14/h4-9,17H,3H2,1-2H3,(H,15,16). The summed E-state index contributed by atoms with van der Waals surface area (Å²) >= 11 is 0. The van der Waals surface area contributed by atoms with Crippen molar-refractivity contribution in [2.45, 2.75) is 31.3 Å². The summed E-state index contributed by atoms with van der Waals surface area (Å²) in [6, 6.07) is 5.39. The summed E-state index contributed by atoms with van der Waals surface area (Å²) in [6.07, 6.45) is 1.87. The van der Waals surface area contributed by atoms with E-state index in [0.717, 1.165) is 0 Å². The minimum atomic E-state index is -3.75. The molecule has 0 bridgehead atoms. The van der Waals surface area contributed by atoms with E-state index >= 15 is 0 Å². The van der Waals surface area contributed by atoms with Crippen LogP contribution < -0.4 is 4.72 Å². The number of aromatic nitrogens is 2. The molecule has 1 aromatic carbocycles. The lowest BCUT2D eigenvalue weighted by Crippen LogP contribution is -2.27. The van der Waals surface area contributed by atoms with E-state index in [1.165, 1.54) is 12.3 Å². The molecule has 1 atom stereocenters. The number of nitrogens with zero attached hydrogens (tertiary/aromatic N) is 1. The highest BCUT2D eigenvalue weighted by atomic mass is 32.2. The molecule has 2 rings (SSSR count). The topological polar surface area (TPSA) is 74.8 Å². The summed E-state index contributed by atoms with van der Waals surface area (Å²) in [5.74, 6) is 0.144. The number of benzene rings is 1. The summed E-state index contributed by atoms with van der Waals surface area (Å²) < 4.78 is 40.4. The van der Waals surface area contributed by atoms with Gasteiger partial charge in [0.25, 0.3) is 10.0 Å². The molecule has 1 heterocycles. The van der Waals surface area contributed by atoms with Crippen LogP contribution in [0.1, 0.15) is 31.3 Å². The maximum absolute atomic E-state index is 13.6. The molecular formula is C13H16FN3O2S. The van der Waals surface area contributed by atoms with Gasteiger partial charge in [0.1, 0.15) is 11.6 Å². The molecule has 0 aliphatic rings. The second kappa shape index (κ2) is 5.72. The molecule has 2 aromatic rings. The van der Waals surface area contributed by atoms with Crippen molar-refractivity contribution in [2.24, 2.45) is 0 Å². The van der Waals surface area contributed by atoms with E-state index in [1.54, 1.807) is 25.1 Å². The molecule has 0 spiro atoms. The molecule has 0 fully saturated rings. The molecule has 108 valence electrons. The normalized spacial score (nSPS) is 13.3. The minimum Gasteiger partial charge on any atom is -0.332 e. The average Bonchev–Trinajstić information content (AvgIpc) is 2.88. The van der Waals surface area contributed by atoms with E-state index in [1.807, 2.05) is 6.92 Å². The van der Waals surface area contributed by atoms with Crippen molar-refractivity contribution in [2.75, 3.05) is 0 Å². The number of imidazole rings is 1. The van der Waals surface area contributed by atoms with Crippen molar-refractivity contribution in [3.05, 3.63) is 47.7 Å². The van der Waals surface area contributed by atoms with E-state index < -0.39 is 21.9 Å². The summed E-state index contributed by atoms with van der Waals surface area (Å²) in [5.41, 5.74) is 0.298. The molecule has 0 amide bonds. The number of rotatable bonds is 5. The van der Waals surface area contributed by atoms with Gasteiger partial charge in [-0.25, -0.2) is 22.5 Å². The first kappa shape index (κ1) is 14.7. The van der Waals surface area contributed by atoms with E-state index in [0.29, 0.717) is 17.8 Å². The Kier molecular flexibility index (Phi) is 4.20. The molecule has 0 saturated heterocycles. The lowest BCUT2D eigenvalue weighted by Gasteiger charge is -2.14. The van der Waals surface area contributed by atoms with E-state index in [9.17, 15) is 12.8 Å². The van der Waals surface area contributed by atoms with Gasteiger partial charge in [0.05, 0.1) is 6.20 Å². The third-order valence-electron chi connectivity index (χ3n) is 2.93. The first-order valence-electron chi connectivity index (χ1n) is 6.24. The Bertz CT molecular complexity index is 697. The largest absolute Gasteiger partial charge is 0.332 e. The van der Waals surface area contributed by atoms with Crippen LogP contribution in [0.3, 0.4) is 0 Å². The molecule has 20 heavy (non-hydrogen) atoms. The highest BCUT2D eigenvalue weighted by Gasteiger charge is 2.21. The van der Waals surface area contributed by atoms with Crippen LogP contribution in [0.25, 0.3) is 0 Å². The Labute approximate surface area is 117 Å². The van der Waals surface area contributed by atoms with Crippen LogP contribution in [0.5, 0.6) is 0 Å². The molecule has 0 aliphatic carbocycles. The number of sulfonamides is 1. The zero-order valence-electron chi connectivity index (χ0n) is 11.2. The van der Waals surface area contributed by atoms with Gasteiger partial charge in [-0.15, -0.1) is 0 Å². The van der Waals surface area contributed by atoms with Gasteiger partial charge >= 0.3 is 0 Å². The second-order valence-electron chi connectivity index (χ2n) is 4.41. The van der Waals surface area contributed by atoms with Gasteiger partial charge in [0, 0.05) is 18.0 Å². The van der Waals surface area contributed by atoms with Crippen molar-refractivity contribution in [1.29, 1.82) is 0 Å². The Morgan fingerprint density at radius 2 is 2.10 bits per heavy atom. The zero-order valence-corrected chi connectivity index (χ0v) is 12.0. The van der Waals surface area contributed by atoms with Crippen LogP contribution in [0.4, 0.5) is 4.39 Å². The summed E-state index contributed by atoms with van der Waals surface area (Å²) in [5, 5.41) is -0.0162. The molecular weight excluding hydrogens is 281 g/mol. The zero-order chi connectivity index (χ0) is 14.8. The number of aromatic amines is 1. The number of hydrogen-bond donors (Lipinski definition) is 2. The van der Waals surface area contributed by atoms with Crippen LogP contribution in [-0.2, 0) is 16.4 Å². The van der Waals surface area contributed by atoms with Gasteiger partial charge in [-0.05, 0) is 13.0 Å². The Morgan fingerprint density at radius 1 is 1.40 bits per heavy atom. The highest BCUT2D eigenvalue weighted by molar-refractivity contribution is 7.89. The quantitative estimate of drug-likeness (QED) is 0.888. The molecule has 2 N–H and O–H groups in total. The number of halogens is 1. The Morgan fingerprint density at radius 3 is 2.70 bits per heavy atom. The molecule has 0 saturated carbocycles. The van der Waals surface area contributed by atoms with Gasteiger partial charge < -0.3 is 4.98 Å². The predicted molar refractivity (Wildman–Crippen MR) is 73.1 cm³/mol. The fourth-order valence-electron chi connectivity index (χ4n) is 1.85. The van der Waals surface area contributed by atoms with Crippen LogP contribution in [0, 0.1) is 5.82 Å². The van der Waals surface area contributed by atoms with Crippen molar-refractivity contribution < 1.29 is 12.8 Å². The van der Waals surface area contributed by atoms with E-state index in [-0.39, 0.29) is 5.03 Å². The van der Waals surface area contributed by atoms with Crippen LogP contribution >= 0.6 is 0 Å². The fourth-order valence-corrected chi connectivity index (χ4v) is 3.01. The van der Waals surface area contributed by atoms with Gasteiger partial charge in [-0.3, -0.25) is 0 Å². The second-order valence-corrected chi connectivity index (χ2v) is 6.09. The summed E-state index contributed by atoms with van der Waals surface area (Å²) in [7, 11) is -3.75. The lowest BCUT2D eigenvalue weighted by atomic mass is 10.1. The van der Waals surface area contributed by atoms with E-state index in [4.69, 9.17) is 0 Å². The third kappa shape index (κ3) is 3.05.